The van der Waals surface area contributed by atoms with Gasteiger partial charge in [0.15, 0.2) is 0 Å². The van der Waals surface area contributed by atoms with Gasteiger partial charge in [-0.2, -0.15) is 0 Å². The first-order chi connectivity index (χ1) is 8.58. The molecule has 0 aromatic carbocycles. The topological polar surface area (TPSA) is 43.8 Å². The number of carboxylic acids is 1. The number of piperazine rings is 1. The van der Waals surface area contributed by atoms with E-state index >= 15 is 0 Å². The highest BCUT2D eigenvalue weighted by Crippen LogP contribution is 2.33. The minimum Gasteiger partial charge on any atom is -0.480 e. The molecule has 0 aromatic rings. The van der Waals surface area contributed by atoms with Crippen molar-refractivity contribution in [1.29, 1.82) is 0 Å². The van der Waals surface area contributed by atoms with Crippen molar-refractivity contribution in [3.63, 3.8) is 0 Å². The average molecular weight is 254 g/mol. The molecule has 2 unspecified atom stereocenters. The molecule has 1 saturated carbocycles. The molecule has 0 spiro atoms. The molecular formula is C14H26N2O2. The van der Waals surface area contributed by atoms with E-state index in [-0.39, 0.29) is 6.54 Å². The maximum atomic E-state index is 10.7. The summed E-state index contributed by atoms with van der Waals surface area (Å²) in [6.45, 7) is 8.83. The van der Waals surface area contributed by atoms with Gasteiger partial charge in [-0.25, -0.2) is 0 Å². The van der Waals surface area contributed by atoms with Crippen LogP contribution in [-0.4, -0.2) is 59.6 Å². The molecule has 1 aliphatic heterocycles. The van der Waals surface area contributed by atoms with Crippen LogP contribution in [0.1, 0.15) is 33.1 Å². The first-order valence-electron chi connectivity index (χ1n) is 7.26. The highest BCUT2D eigenvalue weighted by molar-refractivity contribution is 5.69. The van der Waals surface area contributed by atoms with Crippen LogP contribution in [0.2, 0.25) is 0 Å². The number of nitrogens with zero attached hydrogens (tertiary/aromatic N) is 2. The van der Waals surface area contributed by atoms with E-state index in [4.69, 9.17) is 5.11 Å². The third-order valence-electron chi connectivity index (χ3n) is 4.67. The lowest BCUT2D eigenvalue weighted by Crippen LogP contribution is -2.55. The Bertz CT molecular complexity index is 278. The molecular weight excluding hydrogens is 228 g/mol. The van der Waals surface area contributed by atoms with Crippen molar-refractivity contribution in [2.45, 2.75) is 39.2 Å². The van der Waals surface area contributed by atoms with Crippen molar-refractivity contribution in [2.24, 2.45) is 11.8 Å². The maximum absolute atomic E-state index is 10.7. The third kappa shape index (κ3) is 3.23. The summed E-state index contributed by atoms with van der Waals surface area (Å²) in [6, 6.07) is 0.714. The molecule has 2 aliphatic rings. The molecule has 4 heteroatoms. The van der Waals surface area contributed by atoms with E-state index < -0.39 is 5.97 Å². The molecule has 104 valence electrons. The monoisotopic (exact) mass is 254 g/mol. The van der Waals surface area contributed by atoms with Crippen molar-refractivity contribution >= 4 is 5.97 Å². The first-order valence-corrected chi connectivity index (χ1v) is 7.26. The minimum absolute atomic E-state index is 0.198. The molecule has 1 N–H and O–H groups in total. The number of hydrogen-bond donors (Lipinski definition) is 1. The van der Waals surface area contributed by atoms with Crippen LogP contribution >= 0.6 is 0 Å². The SMILES string of the molecule is CC1CCCC(C)C1N1CCN(CC(=O)O)CC1. The van der Waals surface area contributed by atoms with Crippen LogP contribution in [0.15, 0.2) is 0 Å². The number of carbonyl (C=O) groups is 1. The predicted molar refractivity (Wildman–Crippen MR) is 71.6 cm³/mol. The van der Waals surface area contributed by atoms with Gasteiger partial charge >= 0.3 is 5.97 Å². The second-order valence-corrected chi connectivity index (χ2v) is 6.08. The molecule has 0 radical (unpaired) electrons. The summed E-state index contributed by atoms with van der Waals surface area (Å²) in [7, 11) is 0. The van der Waals surface area contributed by atoms with Gasteiger partial charge in [0.05, 0.1) is 6.54 Å². The number of aliphatic carboxylic acids is 1. The summed E-state index contributed by atoms with van der Waals surface area (Å²) in [5.41, 5.74) is 0. The lowest BCUT2D eigenvalue weighted by Gasteiger charge is -2.46. The molecule has 18 heavy (non-hydrogen) atoms. The third-order valence-corrected chi connectivity index (χ3v) is 4.67. The summed E-state index contributed by atoms with van der Waals surface area (Å²) in [4.78, 5) is 15.4. The van der Waals surface area contributed by atoms with Gasteiger partial charge in [0.2, 0.25) is 0 Å². The van der Waals surface area contributed by atoms with Gasteiger partial charge in [0.1, 0.15) is 0 Å². The lowest BCUT2D eigenvalue weighted by atomic mass is 9.77. The number of hydrogen-bond acceptors (Lipinski definition) is 3. The smallest absolute Gasteiger partial charge is 0.317 e. The van der Waals surface area contributed by atoms with Gasteiger partial charge in [0, 0.05) is 32.2 Å². The Morgan fingerprint density at radius 3 is 2.17 bits per heavy atom. The molecule has 0 amide bonds. The summed E-state index contributed by atoms with van der Waals surface area (Å²) in [6.07, 6.45) is 4.08. The van der Waals surface area contributed by atoms with E-state index in [2.05, 4.69) is 23.6 Å². The minimum atomic E-state index is -0.706. The Labute approximate surface area is 110 Å². The normalized spacial score (nSPS) is 35.6. The fourth-order valence-electron chi connectivity index (χ4n) is 3.79. The van der Waals surface area contributed by atoms with Crippen LogP contribution in [0.5, 0.6) is 0 Å². The van der Waals surface area contributed by atoms with E-state index in [0.717, 1.165) is 38.0 Å². The van der Waals surface area contributed by atoms with Crippen LogP contribution < -0.4 is 0 Å². The lowest BCUT2D eigenvalue weighted by molar-refractivity contribution is -0.139. The molecule has 0 aromatic heterocycles. The van der Waals surface area contributed by atoms with Crippen molar-refractivity contribution < 1.29 is 9.90 Å². The van der Waals surface area contributed by atoms with Gasteiger partial charge < -0.3 is 5.11 Å². The molecule has 1 saturated heterocycles. The summed E-state index contributed by atoms with van der Waals surface area (Å²) in [5, 5.41) is 8.81. The highest BCUT2D eigenvalue weighted by atomic mass is 16.4. The van der Waals surface area contributed by atoms with Crippen LogP contribution in [-0.2, 0) is 4.79 Å². The van der Waals surface area contributed by atoms with Gasteiger partial charge in [-0.05, 0) is 24.7 Å². The Kier molecular flexibility index (Phi) is 4.62. The Morgan fingerprint density at radius 2 is 1.67 bits per heavy atom. The highest BCUT2D eigenvalue weighted by Gasteiger charge is 2.34. The van der Waals surface area contributed by atoms with E-state index in [1.165, 1.54) is 19.3 Å². The zero-order valence-corrected chi connectivity index (χ0v) is 11.6. The van der Waals surface area contributed by atoms with Gasteiger partial charge in [0.25, 0.3) is 0 Å². The molecule has 0 bridgehead atoms. The Balaban J connectivity index is 1.86. The van der Waals surface area contributed by atoms with Gasteiger partial charge in [-0.1, -0.05) is 20.3 Å². The predicted octanol–water partition coefficient (Wildman–Crippen LogP) is 1.51. The summed E-state index contributed by atoms with van der Waals surface area (Å²) >= 11 is 0. The van der Waals surface area contributed by atoms with E-state index in [1.807, 2.05) is 0 Å². The fourth-order valence-corrected chi connectivity index (χ4v) is 3.79. The summed E-state index contributed by atoms with van der Waals surface area (Å²) < 4.78 is 0. The molecule has 1 aliphatic carbocycles. The summed E-state index contributed by atoms with van der Waals surface area (Å²) in [5.74, 6) is 0.877. The number of rotatable bonds is 3. The Hall–Kier alpha value is -0.610. The van der Waals surface area contributed by atoms with Gasteiger partial charge in [-0.15, -0.1) is 0 Å². The molecule has 2 atom stereocenters. The van der Waals surface area contributed by atoms with Crippen LogP contribution in [0.4, 0.5) is 0 Å². The zero-order valence-electron chi connectivity index (χ0n) is 11.6. The van der Waals surface area contributed by atoms with E-state index in [1.54, 1.807) is 0 Å². The van der Waals surface area contributed by atoms with Crippen LogP contribution in [0.25, 0.3) is 0 Å². The first kappa shape index (κ1) is 13.8. The molecule has 1 heterocycles. The van der Waals surface area contributed by atoms with Crippen molar-refractivity contribution in [1.82, 2.24) is 9.80 Å². The van der Waals surface area contributed by atoms with Crippen molar-refractivity contribution in [3.8, 4) is 0 Å². The second kappa shape index (κ2) is 6.02. The largest absolute Gasteiger partial charge is 0.480 e. The molecule has 2 fully saturated rings. The van der Waals surface area contributed by atoms with Crippen LogP contribution in [0.3, 0.4) is 0 Å². The average Bonchev–Trinajstić information content (AvgIpc) is 2.30. The van der Waals surface area contributed by atoms with Crippen molar-refractivity contribution in [2.75, 3.05) is 32.7 Å². The number of carboxylic acid groups (broad SMARTS) is 1. The van der Waals surface area contributed by atoms with Crippen molar-refractivity contribution in [3.05, 3.63) is 0 Å². The fraction of sp³-hybridized carbons (Fsp3) is 0.929. The Morgan fingerprint density at radius 1 is 1.11 bits per heavy atom. The van der Waals surface area contributed by atoms with E-state index in [0.29, 0.717) is 6.04 Å². The zero-order chi connectivity index (χ0) is 13.1. The van der Waals surface area contributed by atoms with Crippen LogP contribution in [0, 0.1) is 11.8 Å². The standard InChI is InChI=1S/C14H26N2O2/c1-11-4-3-5-12(2)14(11)16-8-6-15(7-9-16)10-13(17)18/h11-12,14H,3-10H2,1-2H3,(H,17,18). The van der Waals surface area contributed by atoms with E-state index in [9.17, 15) is 4.79 Å². The quantitative estimate of drug-likeness (QED) is 0.829. The second-order valence-electron chi connectivity index (χ2n) is 6.08. The molecule has 2 rings (SSSR count). The maximum Gasteiger partial charge on any atom is 0.317 e. The molecule has 4 nitrogen and oxygen atoms in total. The van der Waals surface area contributed by atoms with Gasteiger partial charge in [-0.3, -0.25) is 14.6 Å².